The minimum Gasteiger partial charge on any atom is -0.463 e. The Balaban J connectivity index is 2.29. The van der Waals surface area contributed by atoms with E-state index in [-0.39, 0.29) is 5.82 Å². The van der Waals surface area contributed by atoms with Crippen molar-refractivity contribution in [2.45, 2.75) is 26.4 Å². The van der Waals surface area contributed by atoms with Gasteiger partial charge < -0.3 is 9.52 Å². The summed E-state index contributed by atoms with van der Waals surface area (Å²) in [6.45, 7) is 3.66. The first-order chi connectivity index (χ1) is 8.11. The summed E-state index contributed by atoms with van der Waals surface area (Å²) in [5.74, 6) is 0.945. The van der Waals surface area contributed by atoms with Crippen molar-refractivity contribution in [1.29, 1.82) is 0 Å². The van der Waals surface area contributed by atoms with Gasteiger partial charge in [0.05, 0.1) is 0 Å². The molecule has 90 valence electrons. The molecule has 3 heteroatoms. The Morgan fingerprint density at radius 1 is 1.29 bits per heavy atom. The van der Waals surface area contributed by atoms with Gasteiger partial charge in [0, 0.05) is 6.42 Å². The summed E-state index contributed by atoms with van der Waals surface area (Å²) >= 11 is 0. The Morgan fingerprint density at radius 2 is 2.06 bits per heavy atom. The monoisotopic (exact) mass is 234 g/mol. The summed E-state index contributed by atoms with van der Waals surface area (Å²) in [7, 11) is 0. The highest BCUT2D eigenvalue weighted by molar-refractivity contribution is 5.29. The van der Waals surface area contributed by atoms with Crippen molar-refractivity contribution < 1.29 is 13.9 Å². The maximum absolute atomic E-state index is 13.4. The highest BCUT2D eigenvalue weighted by Crippen LogP contribution is 2.25. The topological polar surface area (TPSA) is 33.4 Å². The van der Waals surface area contributed by atoms with E-state index in [2.05, 4.69) is 0 Å². The van der Waals surface area contributed by atoms with Crippen LogP contribution in [0.5, 0.6) is 0 Å². The van der Waals surface area contributed by atoms with Crippen molar-refractivity contribution >= 4 is 0 Å². The summed E-state index contributed by atoms with van der Waals surface area (Å²) < 4.78 is 18.8. The molecule has 1 aromatic heterocycles. The molecule has 0 aliphatic heterocycles. The number of aliphatic hydroxyl groups excluding tert-OH is 1. The molecule has 2 nitrogen and oxygen atoms in total. The van der Waals surface area contributed by atoms with Crippen LogP contribution in [0.3, 0.4) is 0 Å². The molecule has 1 unspecified atom stereocenters. The fourth-order valence-electron chi connectivity index (χ4n) is 1.67. The van der Waals surface area contributed by atoms with Crippen molar-refractivity contribution in [2.75, 3.05) is 0 Å². The molecule has 1 aromatic carbocycles. The van der Waals surface area contributed by atoms with Crippen molar-refractivity contribution in [3.05, 3.63) is 58.8 Å². The lowest BCUT2D eigenvalue weighted by Gasteiger charge is -2.09. The van der Waals surface area contributed by atoms with E-state index in [1.807, 2.05) is 13.0 Å². The van der Waals surface area contributed by atoms with Gasteiger partial charge in [0.25, 0.3) is 0 Å². The highest BCUT2D eigenvalue weighted by Gasteiger charge is 2.15. The predicted molar refractivity (Wildman–Crippen MR) is 63.3 cm³/mol. The van der Waals surface area contributed by atoms with Gasteiger partial charge in [0.1, 0.15) is 23.4 Å². The Labute approximate surface area is 99.7 Å². The molecular weight excluding hydrogens is 219 g/mol. The van der Waals surface area contributed by atoms with Crippen LogP contribution in [0, 0.1) is 12.7 Å². The molecule has 0 aliphatic carbocycles. The van der Waals surface area contributed by atoms with Crippen LogP contribution in [0.2, 0.25) is 0 Å². The van der Waals surface area contributed by atoms with E-state index in [0.29, 0.717) is 16.9 Å². The molecule has 0 radical (unpaired) electrons. The molecule has 17 heavy (non-hydrogen) atoms. The third kappa shape index (κ3) is 2.39. The summed E-state index contributed by atoms with van der Waals surface area (Å²) in [5, 5.41) is 10.1. The highest BCUT2D eigenvalue weighted by atomic mass is 19.1. The van der Waals surface area contributed by atoms with E-state index in [1.165, 1.54) is 6.07 Å². The van der Waals surface area contributed by atoms with E-state index in [1.54, 1.807) is 25.1 Å². The van der Waals surface area contributed by atoms with E-state index < -0.39 is 6.10 Å². The predicted octanol–water partition coefficient (Wildman–Crippen LogP) is 3.37. The maximum Gasteiger partial charge on any atom is 0.137 e. The summed E-state index contributed by atoms with van der Waals surface area (Å²) in [4.78, 5) is 0. The fourth-order valence-corrected chi connectivity index (χ4v) is 1.67. The Morgan fingerprint density at radius 3 is 2.65 bits per heavy atom. The van der Waals surface area contributed by atoms with Gasteiger partial charge in [-0.05, 0) is 36.2 Å². The van der Waals surface area contributed by atoms with E-state index in [0.717, 1.165) is 12.2 Å². The zero-order valence-electron chi connectivity index (χ0n) is 9.90. The second-order valence-corrected chi connectivity index (χ2v) is 4.07. The smallest absolute Gasteiger partial charge is 0.137 e. The number of hydrogen-bond acceptors (Lipinski definition) is 2. The minimum absolute atomic E-state index is 0.316. The molecule has 1 heterocycles. The first-order valence-electron chi connectivity index (χ1n) is 5.64. The molecule has 0 amide bonds. The van der Waals surface area contributed by atoms with Crippen molar-refractivity contribution in [3.63, 3.8) is 0 Å². The van der Waals surface area contributed by atoms with Crippen LogP contribution in [-0.4, -0.2) is 5.11 Å². The van der Waals surface area contributed by atoms with Gasteiger partial charge in [0.2, 0.25) is 0 Å². The van der Waals surface area contributed by atoms with Gasteiger partial charge in [-0.2, -0.15) is 0 Å². The number of furan rings is 1. The zero-order chi connectivity index (χ0) is 12.4. The molecule has 0 saturated heterocycles. The van der Waals surface area contributed by atoms with Crippen molar-refractivity contribution in [3.8, 4) is 0 Å². The van der Waals surface area contributed by atoms with Crippen LogP contribution in [0.4, 0.5) is 4.39 Å². The summed E-state index contributed by atoms with van der Waals surface area (Å²) in [5.41, 5.74) is 1.07. The quantitative estimate of drug-likeness (QED) is 0.883. The molecular formula is C14H15FO2. The Bertz CT molecular complexity index is 517. The number of rotatable bonds is 3. The lowest BCUT2D eigenvalue weighted by Crippen LogP contribution is -1.99. The van der Waals surface area contributed by atoms with Crippen LogP contribution in [0.25, 0.3) is 0 Å². The average molecular weight is 234 g/mol. The van der Waals surface area contributed by atoms with E-state index >= 15 is 0 Å². The normalized spacial score (nSPS) is 12.7. The number of aliphatic hydroxyl groups is 1. The fraction of sp³-hybridized carbons (Fsp3) is 0.286. The van der Waals surface area contributed by atoms with Gasteiger partial charge in [-0.15, -0.1) is 0 Å². The van der Waals surface area contributed by atoms with Crippen LogP contribution in [-0.2, 0) is 6.42 Å². The number of halogens is 1. The van der Waals surface area contributed by atoms with Gasteiger partial charge >= 0.3 is 0 Å². The van der Waals surface area contributed by atoms with Crippen LogP contribution in [0.1, 0.15) is 35.7 Å². The molecule has 2 aromatic rings. The van der Waals surface area contributed by atoms with Crippen molar-refractivity contribution in [1.82, 2.24) is 0 Å². The van der Waals surface area contributed by atoms with Gasteiger partial charge in [-0.3, -0.25) is 0 Å². The SMILES string of the molecule is CCc1ccc(C(O)c2ccc(C)c(F)c2)o1. The lowest BCUT2D eigenvalue weighted by molar-refractivity contribution is 0.186. The lowest BCUT2D eigenvalue weighted by atomic mass is 10.1. The largest absolute Gasteiger partial charge is 0.463 e. The molecule has 0 aliphatic rings. The first-order valence-corrected chi connectivity index (χ1v) is 5.64. The Kier molecular flexibility index (Phi) is 3.29. The maximum atomic E-state index is 13.4. The third-order valence-electron chi connectivity index (χ3n) is 2.81. The molecule has 0 bridgehead atoms. The average Bonchev–Trinajstić information content (AvgIpc) is 2.80. The second-order valence-electron chi connectivity index (χ2n) is 4.07. The Hall–Kier alpha value is -1.61. The van der Waals surface area contributed by atoms with E-state index in [4.69, 9.17) is 4.42 Å². The van der Waals surface area contributed by atoms with Gasteiger partial charge in [-0.25, -0.2) is 4.39 Å². The molecule has 0 saturated carbocycles. The van der Waals surface area contributed by atoms with E-state index in [9.17, 15) is 9.50 Å². The van der Waals surface area contributed by atoms with Gasteiger partial charge in [-0.1, -0.05) is 19.1 Å². The summed E-state index contributed by atoms with van der Waals surface area (Å²) in [6.07, 6.45) is -0.139. The second kappa shape index (κ2) is 4.72. The van der Waals surface area contributed by atoms with Crippen LogP contribution >= 0.6 is 0 Å². The number of aryl methyl sites for hydroxylation is 2. The minimum atomic E-state index is -0.912. The van der Waals surface area contributed by atoms with Crippen LogP contribution < -0.4 is 0 Å². The number of hydrogen-bond donors (Lipinski definition) is 1. The van der Waals surface area contributed by atoms with Crippen LogP contribution in [0.15, 0.2) is 34.7 Å². The molecule has 1 N–H and O–H groups in total. The zero-order valence-corrected chi connectivity index (χ0v) is 9.90. The molecule has 2 rings (SSSR count). The van der Waals surface area contributed by atoms with Crippen molar-refractivity contribution in [2.24, 2.45) is 0 Å². The summed E-state index contributed by atoms with van der Waals surface area (Å²) in [6, 6.07) is 8.24. The number of benzene rings is 1. The molecule has 1 atom stereocenters. The third-order valence-corrected chi connectivity index (χ3v) is 2.81. The van der Waals surface area contributed by atoms with Gasteiger partial charge in [0.15, 0.2) is 0 Å². The molecule has 0 spiro atoms. The first kappa shape index (κ1) is 11.9. The standard InChI is InChI=1S/C14H15FO2/c1-3-11-6-7-13(17-11)14(16)10-5-4-9(2)12(15)8-10/h4-8,14,16H,3H2,1-2H3. The molecule has 0 fully saturated rings.